The molecular weight excluding hydrogens is 345 g/mol. The Morgan fingerprint density at radius 1 is 1.17 bits per heavy atom. The second kappa shape index (κ2) is 7.45. The predicted molar refractivity (Wildman–Crippen MR) is 98.3 cm³/mol. The van der Waals surface area contributed by atoms with E-state index in [1.807, 2.05) is 12.1 Å². The van der Waals surface area contributed by atoms with Crippen molar-refractivity contribution in [3.8, 4) is 0 Å². The van der Waals surface area contributed by atoms with Crippen LogP contribution in [0.4, 0.5) is 5.69 Å². The third-order valence-corrected chi connectivity index (χ3v) is 5.34. The summed E-state index contributed by atoms with van der Waals surface area (Å²) in [5, 5.41) is 10.2. The molecule has 3 rings (SSSR count). The van der Waals surface area contributed by atoms with Crippen molar-refractivity contribution >= 4 is 34.9 Å². The highest BCUT2D eigenvalue weighted by Crippen LogP contribution is 2.30. The van der Waals surface area contributed by atoms with Crippen LogP contribution in [0.25, 0.3) is 0 Å². The maximum atomic E-state index is 11.0. The summed E-state index contributed by atoms with van der Waals surface area (Å²) in [6, 6.07) is 14.0. The van der Waals surface area contributed by atoms with Crippen LogP contribution in [0.1, 0.15) is 30.4 Å². The molecule has 0 radical (unpaired) electrons. The summed E-state index contributed by atoms with van der Waals surface area (Å²) in [4.78, 5) is 13.2. The van der Waals surface area contributed by atoms with E-state index >= 15 is 0 Å². The van der Waals surface area contributed by atoms with E-state index in [0.717, 1.165) is 42.6 Å². The normalized spacial score (nSPS) is 17.2. The molecule has 1 fully saturated rings. The van der Waals surface area contributed by atoms with E-state index in [1.165, 1.54) is 0 Å². The van der Waals surface area contributed by atoms with Gasteiger partial charge in [0, 0.05) is 18.3 Å². The quantitative estimate of drug-likeness (QED) is 0.809. The van der Waals surface area contributed by atoms with Gasteiger partial charge in [-0.25, -0.2) is 0 Å². The molecule has 0 aromatic heterocycles. The molecule has 1 unspecified atom stereocenters. The Morgan fingerprint density at radius 3 is 2.62 bits per heavy atom. The molecule has 0 aliphatic carbocycles. The van der Waals surface area contributed by atoms with E-state index in [9.17, 15) is 4.79 Å². The van der Waals surface area contributed by atoms with Crippen LogP contribution in [0.5, 0.6) is 0 Å². The van der Waals surface area contributed by atoms with Crippen LogP contribution < -0.4 is 4.90 Å². The molecule has 2 aromatic rings. The van der Waals surface area contributed by atoms with E-state index in [-0.39, 0.29) is 12.5 Å². The highest BCUT2D eigenvalue weighted by Gasteiger charge is 2.26. The molecule has 3 nitrogen and oxygen atoms in total. The molecule has 2 aromatic carbocycles. The molecule has 5 heteroatoms. The van der Waals surface area contributed by atoms with Crippen molar-refractivity contribution in [2.45, 2.75) is 31.7 Å². The maximum Gasteiger partial charge on any atom is 0.305 e. The highest BCUT2D eigenvalue weighted by molar-refractivity contribution is 6.42. The van der Waals surface area contributed by atoms with Gasteiger partial charge in [-0.1, -0.05) is 47.5 Å². The fourth-order valence-electron chi connectivity index (χ4n) is 3.30. The van der Waals surface area contributed by atoms with Gasteiger partial charge in [0.05, 0.1) is 16.5 Å². The monoisotopic (exact) mass is 363 g/mol. The van der Waals surface area contributed by atoms with Gasteiger partial charge in [-0.2, -0.15) is 0 Å². The Bertz CT molecular complexity index is 731. The summed E-state index contributed by atoms with van der Waals surface area (Å²) >= 11 is 12.3. The number of carboxylic acid groups (broad SMARTS) is 1. The average Bonchev–Trinajstić information content (AvgIpc) is 3.00. The molecule has 1 saturated heterocycles. The Hall–Kier alpha value is -1.71. The van der Waals surface area contributed by atoms with E-state index in [0.29, 0.717) is 10.0 Å². The van der Waals surface area contributed by atoms with E-state index in [4.69, 9.17) is 28.3 Å². The molecule has 1 heterocycles. The Balaban J connectivity index is 1.73. The smallest absolute Gasteiger partial charge is 0.305 e. The third kappa shape index (κ3) is 3.85. The fourth-order valence-corrected chi connectivity index (χ4v) is 3.69. The van der Waals surface area contributed by atoms with Crippen molar-refractivity contribution < 1.29 is 9.90 Å². The molecule has 0 spiro atoms. The predicted octanol–water partition coefficient (Wildman–Crippen LogP) is 5.03. The first-order valence-corrected chi connectivity index (χ1v) is 8.80. The topological polar surface area (TPSA) is 40.5 Å². The molecule has 126 valence electrons. The number of aliphatic carboxylic acids is 1. The van der Waals surface area contributed by atoms with Crippen LogP contribution in [0, 0.1) is 0 Å². The number of nitrogens with zero attached hydrogens (tertiary/aromatic N) is 1. The second-order valence-electron chi connectivity index (χ2n) is 6.14. The first-order valence-electron chi connectivity index (χ1n) is 8.05. The number of rotatable bonds is 5. The van der Waals surface area contributed by atoms with Crippen LogP contribution in [-0.4, -0.2) is 23.7 Å². The largest absolute Gasteiger partial charge is 0.481 e. The molecule has 1 atom stereocenters. The van der Waals surface area contributed by atoms with E-state index < -0.39 is 5.97 Å². The molecule has 1 aliphatic rings. The lowest BCUT2D eigenvalue weighted by Gasteiger charge is -2.26. The van der Waals surface area contributed by atoms with Crippen LogP contribution in [0.2, 0.25) is 10.0 Å². The van der Waals surface area contributed by atoms with Crippen molar-refractivity contribution in [2.75, 3.05) is 11.4 Å². The number of benzene rings is 2. The van der Waals surface area contributed by atoms with Crippen LogP contribution in [-0.2, 0) is 11.2 Å². The zero-order valence-corrected chi connectivity index (χ0v) is 14.7. The fraction of sp³-hybridized carbons (Fsp3) is 0.316. The summed E-state index contributed by atoms with van der Waals surface area (Å²) in [5.41, 5.74) is 3.23. The molecule has 0 bridgehead atoms. The van der Waals surface area contributed by atoms with Gasteiger partial charge in [0.25, 0.3) is 0 Å². The van der Waals surface area contributed by atoms with Gasteiger partial charge >= 0.3 is 5.97 Å². The maximum absolute atomic E-state index is 11.0. The lowest BCUT2D eigenvalue weighted by atomic mass is 10.0. The number of carboxylic acids is 1. The lowest BCUT2D eigenvalue weighted by Crippen LogP contribution is -2.31. The number of hydrogen-bond donors (Lipinski definition) is 1. The molecule has 1 aliphatic heterocycles. The van der Waals surface area contributed by atoms with Gasteiger partial charge < -0.3 is 10.0 Å². The van der Waals surface area contributed by atoms with E-state index in [1.54, 1.807) is 6.07 Å². The zero-order valence-electron chi connectivity index (χ0n) is 13.2. The first kappa shape index (κ1) is 17.1. The summed E-state index contributed by atoms with van der Waals surface area (Å²) in [6.45, 7) is 0.914. The minimum Gasteiger partial charge on any atom is -0.481 e. The third-order valence-electron chi connectivity index (χ3n) is 4.48. The SMILES string of the molecule is O=C(O)CC1CCCN1c1ccc(Cc2cccc(Cl)c2Cl)cc1. The number of halogens is 2. The van der Waals surface area contributed by atoms with Crippen molar-refractivity contribution in [3.05, 3.63) is 63.6 Å². The Morgan fingerprint density at radius 2 is 1.92 bits per heavy atom. The molecule has 24 heavy (non-hydrogen) atoms. The standard InChI is InChI=1S/C19H19Cl2NO2/c20-17-5-1-3-14(19(17)21)11-13-6-8-15(9-7-13)22-10-2-4-16(22)12-18(23)24/h1,3,5-9,16H,2,4,10-12H2,(H,23,24). The number of hydrogen-bond acceptors (Lipinski definition) is 2. The van der Waals surface area contributed by atoms with E-state index in [2.05, 4.69) is 29.2 Å². The van der Waals surface area contributed by atoms with Gasteiger partial charge in [-0.15, -0.1) is 0 Å². The van der Waals surface area contributed by atoms with Crippen molar-refractivity contribution in [2.24, 2.45) is 0 Å². The molecular formula is C19H19Cl2NO2. The van der Waals surface area contributed by atoms with Crippen LogP contribution in [0.15, 0.2) is 42.5 Å². The van der Waals surface area contributed by atoms with Gasteiger partial charge in [0.2, 0.25) is 0 Å². The Labute approximate surface area is 151 Å². The van der Waals surface area contributed by atoms with Gasteiger partial charge in [-0.3, -0.25) is 4.79 Å². The van der Waals surface area contributed by atoms with Crippen molar-refractivity contribution in [1.29, 1.82) is 0 Å². The zero-order chi connectivity index (χ0) is 17.1. The number of carbonyl (C=O) groups is 1. The van der Waals surface area contributed by atoms with Gasteiger partial charge in [0.1, 0.15) is 0 Å². The van der Waals surface area contributed by atoms with Crippen molar-refractivity contribution in [1.82, 2.24) is 0 Å². The number of anilines is 1. The summed E-state index contributed by atoms with van der Waals surface area (Å²) in [5.74, 6) is -0.737. The van der Waals surface area contributed by atoms with Gasteiger partial charge in [0.15, 0.2) is 0 Å². The second-order valence-corrected chi connectivity index (χ2v) is 6.93. The van der Waals surface area contributed by atoms with Gasteiger partial charge in [-0.05, 0) is 48.6 Å². The van der Waals surface area contributed by atoms with Crippen molar-refractivity contribution in [3.63, 3.8) is 0 Å². The molecule has 0 saturated carbocycles. The minimum atomic E-state index is -0.737. The lowest BCUT2D eigenvalue weighted by molar-refractivity contribution is -0.137. The first-order chi connectivity index (χ1) is 11.5. The summed E-state index contributed by atoms with van der Waals surface area (Å²) < 4.78 is 0. The van der Waals surface area contributed by atoms with Crippen LogP contribution >= 0.6 is 23.2 Å². The highest BCUT2D eigenvalue weighted by atomic mass is 35.5. The minimum absolute atomic E-state index is 0.0933. The average molecular weight is 364 g/mol. The van der Waals surface area contributed by atoms with Crippen LogP contribution in [0.3, 0.4) is 0 Å². The summed E-state index contributed by atoms with van der Waals surface area (Å²) in [7, 11) is 0. The molecule has 1 N–H and O–H groups in total. The molecule has 0 amide bonds. The Kier molecular flexibility index (Phi) is 5.32. The summed E-state index contributed by atoms with van der Waals surface area (Å²) in [6.07, 6.45) is 2.89.